The van der Waals surface area contributed by atoms with Crippen LogP contribution >= 0.6 is 11.8 Å². The van der Waals surface area contributed by atoms with Crippen molar-refractivity contribution in [2.45, 2.75) is 37.4 Å². The van der Waals surface area contributed by atoms with Gasteiger partial charge in [-0.3, -0.25) is 9.36 Å². The third-order valence-corrected chi connectivity index (χ3v) is 5.51. The normalized spacial score (nSPS) is 13.5. The minimum Gasteiger partial charge on any atom is -0.495 e. The first-order valence-corrected chi connectivity index (χ1v) is 10.2. The number of ether oxygens (including phenoxy) is 1. The summed E-state index contributed by atoms with van der Waals surface area (Å²) in [6.07, 6.45) is 3.93. The summed E-state index contributed by atoms with van der Waals surface area (Å²) in [5, 5.41) is 12.3. The third kappa shape index (κ3) is 4.22. The second-order valence-corrected chi connectivity index (χ2v) is 7.76. The van der Waals surface area contributed by atoms with E-state index >= 15 is 0 Å². The number of nitrogens with one attached hydrogen (secondary N) is 1. The van der Waals surface area contributed by atoms with Crippen LogP contribution in [0.3, 0.4) is 0 Å². The number of furan rings is 1. The van der Waals surface area contributed by atoms with Crippen molar-refractivity contribution in [1.29, 1.82) is 0 Å². The first-order chi connectivity index (χ1) is 13.6. The maximum absolute atomic E-state index is 12.5. The van der Waals surface area contributed by atoms with Crippen LogP contribution < -0.4 is 10.1 Å². The molecule has 8 heteroatoms. The van der Waals surface area contributed by atoms with Crippen LogP contribution in [0.5, 0.6) is 5.75 Å². The number of hydrogen-bond acceptors (Lipinski definition) is 6. The molecule has 0 bridgehead atoms. The molecule has 1 aromatic carbocycles. The van der Waals surface area contributed by atoms with Gasteiger partial charge in [0.25, 0.3) is 0 Å². The summed E-state index contributed by atoms with van der Waals surface area (Å²) < 4.78 is 12.9. The molecule has 28 heavy (non-hydrogen) atoms. The number of benzene rings is 1. The van der Waals surface area contributed by atoms with Gasteiger partial charge < -0.3 is 14.5 Å². The Morgan fingerprint density at radius 3 is 2.93 bits per heavy atom. The first kappa shape index (κ1) is 18.6. The highest BCUT2D eigenvalue weighted by Crippen LogP contribution is 2.40. The zero-order chi connectivity index (χ0) is 19.5. The van der Waals surface area contributed by atoms with Gasteiger partial charge in [0.1, 0.15) is 17.3 Å². The summed E-state index contributed by atoms with van der Waals surface area (Å²) in [6.45, 7) is 2.54. The highest BCUT2D eigenvalue weighted by molar-refractivity contribution is 7.99. The number of anilines is 1. The molecule has 2 heterocycles. The summed E-state index contributed by atoms with van der Waals surface area (Å²) in [5.41, 5.74) is 1.72. The van der Waals surface area contributed by atoms with Gasteiger partial charge in [0.15, 0.2) is 5.16 Å². The Kier molecular flexibility index (Phi) is 5.38. The average molecular weight is 398 g/mol. The Morgan fingerprint density at radius 1 is 1.36 bits per heavy atom. The van der Waals surface area contributed by atoms with E-state index in [2.05, 4.69) is 20.1 Å². The fourth-order valence-corrected chi connectivity index (χ4v) is 3.74. The molecule has 7 nitrogen and oxygen atoms in total. The molecule has 3 aromatic rings. The van der Waals surface area contributed by atoms with E-state index in [0.717, 1.165) is 35.1 Å². The largest absolute Gasteiger partial charge is 0.495 e. The lowest BCUT2D eigenvalue weighted by molar-refractivity contribution is -0.113. The number of methoxy groups -OCH3 is 1. The molecule has 4 rings (SSSR count). The molecule has 1 saturated carbocycles. The van der Waals surface area contributed by atoms with Gasteiger partial charge in [-0.15, -0.1) is 10.2 Å². The van der Waals surface area contributed by atoms with Crippen LogP contribution in [-0.4, -0.2) is 33.5 Å². The third-order valence-electron chi connectivity index (χ3n) is 4.54. The van der Waals surface area contributed by atoms with E-state index in [1.54, 1.807) is 13.4 Å². The summed E-state index contributed by atoms with van der Waals surface area (Å²) in [6, 6.07) is 9.49. The molecule has 1 fully saturated rings. The van der Waals surface area contributed by atoms with Crippen LogP contribution in [0.2, 0.25) is 0 Å². The van der Waals surface area contributed by atoms with Crippen LogP contribution in [-0.2, 0) is 11.3 Å². The molecule has 1 aliphatic carbocycles. The smallest absolute Gasteiger partial charge is 0.234 e. The molecule has 0 saturated heterocycles. The van der Waals surface area contributed by atoms with Crippen LogP contribution in [0.4, 0.5) is 5.69 Å². The number of carbonyl (C=O) groups is 1. The predicted molar refractivity (Wildman–Crippen MR) is 107 cm³/mol. The van der Waals surface area contributed by atoms with Crippen molar-refractivity contribution in [2.24, 2.45) is 0 Å². The molecule has 1 aliphatic rings. The van der Waals surface area contributed by atoms with E-state index < -0.39 is 0 Å². The molecule has 1 N–H and O–H groups in total. The molecular weight excluding hydrogens is 376 g/mol. The monoisotopic (exact) mass is 398 g/mol. The molecule has 146 valence electrons. The zero-order valence-corrected chi connectivity index (χ0v) is 16.7. The van der Waals surface area contributed by atoms with E-state index in [1.807, 2.05) is 37.3 Å². The van der Waals surface area contributed by atoms with Crippen LogP contribution in [0, 0.1) is 6.92 Å². The predicted octanol–water partition coefficient (Wildman–Crippen LogP) is 3.84. The lowest BCUT2D eigenvalue weighted by Crippen LogP contribution is -2.15. The minimum absolute atomic E-state index is 0.116. The number of carbonyl (C=O) groups excluding carboxylic acids is 1. The summed E-state index contributed by atoms with van der Waals surface area (Å²) in [7, 11) is 1.59. The summed E-state index contributed by atoms with van der Waals surface area (Å²) in [4.78, 5) is 12.5. The number of nitrogens with zero attached hydrogens (tertiary/aromatic N) is 3. The quantitative estimate of drug-likeness (QED) is 0.581. The van der Waals surface area contributed by atoms with Crippen LogP contribution in [0.25, 0.3) is 0 Å². The number of hydrogen-bond donors (Lipinski definition) is 1. The maximum Gasteiger partial charge on any atom is 0.234 e. The van der Waals surface area contributed by atoms with E-state index in [1.165, 1.54) is 11.8 Å². The molecule has 0 radical (unpaired) electrons. The van der Waals surface area contributed by atoms with Crippen molar-refractivity contribution in [2.75, 3.05) is 18.2 Å². The topological polar surface area (TPSA) is 82.2 Å². The van der Waals surface area contributed by atoms with E-state index in [9.17, 15) is 4.79 Å². The second kappa shape index (κ2) is 8.10. The van der Waals surface area contributed by atoms with Gasteiger partial charge in [-0.2, -0.15) is 0 Å². The molecule has 0 atom stereocenters. The van der Waals surface area contributed by atoms with Crippen LogP contribution in [0.1, 0.15) is 35.9 Å². The summed E-state index contributed by atoms with van der Waals surface area (Å²) in [5.74, 6) is 3.03. The zero-order valence-electron chi connectivity index (χ0n) is 15.8. The van der Waals surface area contributed by atoms with Crippen molar-refractivity contribution in [3.63, 3.8) is 0 Å². The van der Waals surface area contributed by atoms with Crippen LogP contribution in [0.15, 0.2) is 46.2 Å². The number of aromatic nitrogens is 3. The Morgan fingerprint density at radius 2 is 2.21 bits per heavy atom. The Bertz CT molecular complexity index is 964. The standard InChI is InChI=1S/C20H22N4O3S/c1-13-5-8-17(26-2)16(10-13)21-18(25)12-28-20-23-22-19(14-6-7-14)24(20)11-15-4-3-9-27-15/h3-5,8-10,14H,6-7,11-12H2,1-2H3,(H,21,25). The molecular formula is C20H22N4O3S. The van der Waals surface area contributed by atoms with Gasteiger partial charge in [0.05, 0.1) is 31.4 Å². The van der Waals surface area contributed by atoms with E-state index in [-0.39, 0.29) is 11.7 Å². The molecule has 0 unspecified atom stereocenters. The van der Waals surface area contributed by atoms with Gasteiger partial charge in [-0.05, 0) is 49.6 Å². The lowest BCUT2D eigenvalue weighted by atomic mass is 10.2. The van der Waals surface area contributed by atoms with Crippen molar-refractivity contribution in [3.05, 3.63) is 53.7 Å². The van der Waals surface area contributed by atoms with Gasteiger partial charge in [-0.1, -0.05) is 17.8 Å². The highest BCUT2D eigenvalue weighted by atomic mass is 32.2. The van der Waals surface area contributed by atoms with Crippen molar-refractivity contribution in [3.8, 4) is 5.75 Å². The van der Waals surface area contributed by atoms with Gasteiger partial charge in [0, 0.05) is 5.92 Å². The van der Waals surface area contributed by atoms with E-state index in [0.29, 0.717) is 23.9 Å². The Hall–Kier alpha value is -2.74. The average Bonchev–Trinajstić information content (AvgIpc) is 3.24. The van der Waals surface area contributed by atoms with E-state index in [4.69, 9.17) is 9.15 Å². The number of thioether (sulfide) groups is 1. The van der Waals surface area contributed by atoms with Crippen molar-refractivity contribution in [1.82, 2.24) is 14.8 Å². The van der Waals surface area contributed by atoms with Gasteiger partial charge >= 0.3 is 0 Å². The molecule has 0 spiro atoms. The minimum atomic E-state index is -0.116. The maximum atomic E-state index is 12.5. The van der Waals surface area contributed by atoms with Gasteiger partial charge in [-0.25, -0.2) is 0 Å². The van der Waals surface area contributed by atoms with Crippen molar-refractivity contribution < 1.29 is 13.9 Å². The number of aryl methyl sites for hydroxylation is 1. The lowest BCUT2D eigenvalue weighted by Gasteiger charge is -2.11. The fourth-order valence-electron chi connectivity index (χ4n) is 2.99. The number of amides is 1. The van der Waals surface area contributed by atoms with Crippen molar-refractivity contribution >= 4 is 23.4 Å². The molecule has 2 aromatic heterocycles. The Labute approximate surface area is 167 Å². The molecule has 0 aliphatic heterocycles. The Balaban J connectivity index is 1.45. The number of rotatable bonds is 8. The van der Waals surface area contributed by atoms with Gasteiger partial charge in [0.2, 0.25) is 5.91 Å². The SMILES string of the molecule is COc1ccc(C)cc1NC(=O)CSc1nnc(C2CC2)n1Cc1ccco1. The molecule has 1 amide bonds. The fraction of sp³-hybridized carbons (Fsp3) is 0.350. The first-order valence-electron chi connectivity index (χ1n) is 9.17. The highest BCUT2D eigenvalue weighted by Gasteiger charge is 2.30. The summed E-state index contributed by atoms with van der Waals surface area (Å²) >= 11 is 1.37. The second-order valence-electron chi connectivity index (χ2n) is 6.82.